The molecule has 2 aromatic rings. The summed E-state index contributed by atoms with van der Waals surface area (Å²) >= 11 is 12.2. The Labute approximate surface area is 158 Å². The van der Waals surface area contributed by atoms with Crippen molar-refractivity contribution in [2.24, 2.45) is 5.10 Å². The van der Waals surface area contributed by atoms with Gasteiger partial charge in [0.15, 0.2) is 11.5 Å². The predicted molar refractivity (Wildman–Crippen MR) is 104 cm³/mol. The Morgan fingerprint density at radius 1 is 1.16 bits per heavy atom. The van der Waals surface area contributed by atoms with E-state index in [1.54, 1.807) is 12.3 Å². The molecule has 0 amide bonds. The average Bonchev–Trinajstić information content (AvgIpc) is 2.56. The van der Waals surface area contributed by atoms with E-state index >= 15 is 0 Å². The lowest BCUT2D eigenvalue weighted by Gasteiger charge is -2.16. The zero-order valence-corrected chi connectivity index (χ0v) is 16.1. The van der Waals surface area contributed by atoms with Gasteiger partial charge in [0, 0.05) is 5.02 Å². The number of benzene rings is 2. The van der Waals surface area contributed by atoms with Crippen molar-refractivity contribution in [2.75, 3.05) is 6.61 Å². The third-order valence-electron chi connectivity index (χ3n) is 3.19. The molecule has 0 spiro atoms. The topological polar surface area (TPSA) is 42.8 Å². The summed E-state index contributed by atoms with van der Waals surface area (Å²) in [5.74, 6) is 1.17. The third-order valence-corrected chi connectivity index (χ3v) is 3.72. The summed E-state index contributed by atoms with van der Waals surface area (Å²) < 4.78 is 11.4. The Morgan fingerprint density at radius 2 is 1.88 bits per heavy atom. The van der Waals surface area contributed by atoms with Crippen LogP contribution >= 0.6 is 23.2 Å². The monoisotopic (exact) mass is 380 g/mol. The lowest BCUT2D eigenvalue weighted by molar-refractivity contribution is 0.224. The molecule has 0 aliphatic rings. The van der Waals surface area contributed by atoms with E-state index in [-0.39, 0.29) is 6.10 Å². The van der Waals surface area contributed by atoms with Crippen LogP contribution in [-0.4, -0.2) is 18.9 Å². The molecule has 0 bridgehead atoms. The van der Waals surface area contributed by atoms with Gasteiger partial charge < -0.3 is 14.9 Å². The molecule has 0 atom stereocenters. The van der Waals surface area contributed by atoms with Crippen LogP contribution in [0.4, 0.5) is 0 Å². The zero-order valence-electron chi connectivity index (χ0n) is 14.6. The number of hydrogen-bond donors (Lipinski definition) is 1. The fourth-order valence-electron chi connectivity index (χ4n) is 2.13. The fourth-order valence-corrected chi connectivity index (χ4v) is 2.52. The van der Waals surface area contributed by atoms with Gasteiger partial charge in [0.25, 0.3) is 0 Å². The highest BCUT2D eigenvalue weighted by molar-refractivity contribution is 6.32. The molecule has 0 heterocycles. The highest BCUT2D eigenvalue weighted by atomic mass is 35.5. The molecule has 134 valence electrons. The first-order chi connectivity index (χ1) is 12.0. The first-order valence-corrected chi connectivity index (χ1v) is 8.88. The summed E-state index contributed by atoms with van der Waals surface area (Å²) in [6.45, 7) is 6.94. The molecule has 0 fully saturated rings. The third kappa shape index (κ3) is 6.15. The Morgan fingerprint density at radius 3 is 2.52 bits per heavy atom. The predicted octanol–water partition coefficient (Wildman–Crippen LogP) is 5.30. The number of ether oxygens (including phenoxy) is 2. The van der Waals surface area contributed by atoms with Crippen molar-refractivity contribution < 1.29 is 9.47 Å². The van der Waals surface area contributed by atoms with Crippen LogP contribution in [-0.2, 0) is 6.54 Å². The summed E-state index contributed by atoms with van der Waals surface area (Å²) in [6, 6.07) is 11.3. The Balaban J connectivity index is 2.06. The standard InChI is InChI=1S/C19H22Cl2N2O2/c1-4-24-18-10-15(9-17(21)19(18)25-13(2)3)12-23-22-11-14-5-7-16(20)8-6-14/h5-10,12-13,22H,4,11H2,1-3H3/b23-12-. The van der Waals surface area contributed by atoms with E-state index in [9.17, 15) is 0 Å². The van der Waals surface area contributed by atoms with E-state index in [4.69, 9.17) is 32.7 Å². The molecule has 0 radical (unpaired) electrons. The maximum absolute atomic E-state index is 6.34. The molecular weight excluding hydrogens is 359 g/mol. The van der Waals surface area contributed by atoms with Crippen LogP contribution in [0.1, 0.15) is 31.9 Å². The average molecular weight is 381 g/mol. The Kier molecular flexibility index (Phi) is 7.41. The van der Waals surface area contributed by atoms with E-state index in [2.05, 4.69) is 10.5 Å². The summed E-state index contributed by atoms with van der Waals surface area (Å²) in [5.41, 5.74) is 4.92. The van der Waals surface area contributed by atoms with Gasteiger partial charge in [-0.1, -0.05) is 35.3 Å². The second-order valence-electron chi connectivity index (χ2n) is 5.65. The van der Waals surface area contributed by atoms with E-state index in [1.807, 2.05) is 51.1 Å². The number of hydrogen-bond acceptors (Lipinski definition) is 4. The molecule has 0 unspecified atom stereocenters. The smallest absolute Gasteiger partial charge is 0.180 e. The molecule has 0 saturated carbocycles. The molecule has 0 aromatic heterocycles. The minimum absolute atomic E-state index is 0.0114. The SMILES string of the molecule is CCOc1cc(/C=N\NCc2ccc(Cl)cc2)cc(Cl)c1OC(C)C. The van der Waals surface area contributed by atoms with E-state index < -0.39 is 0 Å². The lowest BCUT2D eigenvalue weighted by atomic mass is 10.2. The molecule has 6 heteroatoms. The van der Waals surface area contributed by atoms with Gasteiger partial charge in [-0.05, 0) is 56.2 Å². The van der Waals surface area contributed by atoms with Gasteiger partial charge in [-0.3, -0.25) is 0 Å². The van der Waals surface area contributed by atoms with Gasteiger partial charge in [0.1, 0.15) is 0 Å². The van der Waals surface area contributed by atoms with Crippen LogP contribution in [0.3, 0.4) is 0 Å². The van der Waals surface area contributed by atoms with Crippen molar-refractivity contribution in [3.63, 3.8) is 0 Å². The van der Waals surface area contributed by atoms with E-state index in [0.29, 0.717) is 34.7 Å². The quantitative estimate of drug-likeness (QED) is 0.498. The molecule has 0 aliphatic heterocycles. The minimum atomic E-state index is 0.0114. The Hall–Kier alpha value is -1.91. The van der Waals surface area contributed by atoms with Crippen molar-refractivity contribution >= 4 is 29.4 Å². The van der Waals surface area contributed by atoms with Crippen LogP contribution in [0.5, 0.6) is 11.5 Å². The molecule has 4 nitrogen and oxygen atoms in total. The van der Waals surface area contributed by atoms with Gasteiger partial charge in [-0.2, -0.15) is 5.10 Å². The second-order valence-corrected chi connectivity index (χ2v) is 6.49. The van der Waals surface area contributed by atoms with Crippen molar-refractivity contribution in [3.05, 3.63) is 57.6 Å². The number of rotatable bonds is 8. The van der Waals surface area contributed by atoms with E-state index in [0.717, 1.165) is 11.1 Å². The van der Waals surface area contributed by atoms with Gasteiger partial charge >= 0.3 is 0 Å². The summed E-state index contributed by atoms with van der Waals surface area (Å²) in [5, 5.41) is 5.44. The second kappa shape index (κ2) is 9.54. The van der Waals surface area contributed by atoms with Crippen molar-refractivity contribution in [3.8, 4) is 11.5 Å². The summed E-state index contributed by atoms with van der Waals surface area (Å²) in [7, 11) is 0. The van der Waals surface area contributed by atoms with Gasteiger partial charge in [-0.15, -0.1) is 0 Å². The zero-order chi connectivity index (χ0) is 18.2. The molecule has 2 aromatic carbocycles. The summed E-state index contributed by atoms with van der Waals surface area (Å²) in [6.07, 6.45) is 1.71. The number of hydrazone groups is 1. The maximum Gasteiger partial charge on any atom is 0.180 e. The van der Waals surface area contributed by atoms with E-state index in [1.165, 1.54) is 0 Å². The van der Waals surface area contributed by atoms with Crippen LogP contribution in [0, 0.1) is 0 Å². The fraction of sp³-hybridized carbons (Fsp3) is 0.316. The first kappa shape index (κ1) is 19.4. The van der Waals surface area contributed by atoms with Gasteiger partial charge in [0.2, 0.25) is 0 Å². The van der Waals surface area contributed by atoms with Crippen LogP contribution in [0.25, 0.3) is 0 Å². The first-order valence-electron chi connectivity index (χ1n) is 8.13. The number of nitrogens with one attached hydrogen (secondary N) is 1. The van der Waals surface area contributed by atoms with Crippen molar-refractivity contribution in [1.29, 1.82) is 0 Å². The molecule has 0 aliphatic carbocycles. The van der Waals surface area contributed by atoms with Gasteiger partial charge in [-0.25, -0.2) is 0 Å². The molecule has 2 rings (SSSR count). The normalized spacial score (nSPS) is 11.1. The number of halogens is 2. The highest BCUT2D eigenvalue weighted by Crippen LogP contribution is 2.37. The van der Waals surface area contributed by atoms with Crippen LogP contribution in [0.15, 0.2) is 41.5 Å². The Bertz CT molecular complexity index is 716. The maximum atomic E-state index is 6.34. The van der Waals surface area contributed by atoms with Crippen molar-refractivity contribution in [1.82, 2.24) is 5.43 Å². The lowest BCUT2D eigenvalue weighted by Crippen LogP contribution is -2.08. The van der Waals surface area contributed by atoms with Crippen LogP contribution in [0.2, 0.25) is 10.0 Å². The molecule has 1 N–H and O–H groups in total. The van der Waals surface area contributed by atoms with Gasteiger partial charge in [0.05, 0.1) is 30.5 Å². The highest BCUT2D eigenvalue weighted by Gasteiger charge is 2.13. The summed E-state index contributed by atoms with van der Waals surface area (Å²) in [4.78, 5) is 0. The minimum Gasteiger partial charge on any atom is -0.490 e. The largest absolute Gasteiger partial charge is 0.490 e. The van der Waals surface area contributed by atoms with Crippen LogP contribution < -0.4 is 14.9 Å². The molecular formula is C19H22Cl2N2O2. The molecule has 25 heavy (non-hydrogen) atoms. The van der Waals surface area contributed by atoms with Crippen molar-refractivity contribution in [2.45, 2.75) is 33.4 Å². The molecule has 0 saturated heterocycles. The number of nitrogens with zero attached hydrogens (tertiary/aromatic N) is 1.